The Hall–Kier alpha value is -3.77. The molecule has 14 heteroatoms. The van der Waals surface area contributed by atoms with Crippen LogP contribution in [0.4, 0.5) is 5.69 Å². The summed E-state index contributed by atoms with van der Waals surface area (Å²) < 4.78 is 33.3. The number of anilines is 1. The average Bonchev–Trinajstić information content (AvgIpc) is 3.60. The number of hydrogen-bond acceptors (Lipinski definition) is 9. The lowest BCUT2D eigenvalue weighted by molar-refractivity contribution is 0.0997. The van der Waals surface area contributed by atoms with Gasteiger partial charge in [0.2, 0.25) is 0 Å². The normalized spacial score (nSPS) is 12.9. The van der Waals surface area contributed by atoms with Gasteiger partial charge in [-0.15, -0.1) is 5.10 Å². The molecule has 0 spiro atoms. The Kier molecular flexibility index (Phi) is 7.42. The molecule has 1 unspecified atom stereocenters. The van der Waals surface area contributed by atoms with E-state index in [9.17, 15) is 14.3 Å². The highest BCUT2D eigenvalue weighted by atomic mass is 31.2. The first-order valence-corrected chi connectivity index (χ1v) is 12.0. The summed E-state index contributed by atoms with van der Waals surface area (Å²) in [5.74, 6) is -0.166. The number of phosphoric acid groups is 1. The van der Waals surface area contributed by atoms with Crippen LogP contribution in [-0.4, -0.2) is 55.8 Å². The molecule has 4 heterocycles. The lowest BCUT2D eigenvalue weighted by Crippen LogP contribution is -2.11. The molecule has 1 amide bonds. The van der Waals surface area contributed by atoms with Gasteiger partial charge in [-0.3, -0.25) is 28.5 Å². The maximum atomic E-state index is 12.9. The quantitative estimate of drug-likeness (QED) is 0.231. The number of carbonyl (C=O) groups is 1. The smallest absolute Gasteiger partial charge is 0.451 e. The van der Waals surface area contributed by atoms with E-state index in [2.05, 4.69) is 25.0 Å². The van der Waals surface area contributed by atoms with E-state index >= 15 is 0 Å². The van der Waals surface area contributed by atoms with Crippen molar-refractivity contribution in [3.8, 4) is 22.7 Å². The molecule has 0 radical (unpaired) electrons. The first-order valence-electron chi connectivity index (χ1n) is 10.5. The van der Waals surface area contributed by atoms with Gasteiger partial charge in [0, 0.05) is 26.1 Å². The molecule has 0 aliphatic carbocycles. The van der Waals surface area contributed by atoms with E-state index in [1.807, 2.05) is 13.0 Å². The van der Waals surface area contributed by atoms with Gasteiger partial charge in [-0.2, -0.15) is 5.10 Å². The SMILES string of the molecule is CCOCCn1cc(NC(=O)c2ccc(-c3cnn(OP(=O)(O)OC)c3)o2)c(-c2ccccn2)n1. The zero-order valence-corrected chi connectivity index (χ0v) is 19.8. The van der Waals surface area contributed by atoms with Gasteiger partial charge in [0.25, 0.3) is 5.91 Å². The highest BCUT2D eigenvalue weighted by Gasteiger charge is 2.23. The Morgan fingerprint density at radius 1 is 1.26 bits per heavy atom. The molecule has 0 saturated carbocycles. The Balaban J connectivity index is 1.51. The lowest BCUT2D eigenvalue weighted by atomic mass is 10.2. The molecule has 0 aliphatic heterocycles. The van der Waals surface area contributed by atoms with Crippen molar-refractivity contribution >= 4 is 19.4 Å². The van der Waals surface area contributed by atoms with E-state index in [-0.39, 0.29) is 5.76 Å². The molecule has 4 aromatic heterocycles. The number of phosphoric ester groups is 1. The molecule has 184 valence electrons. The predicted octanol–water partition coefficient (Wildman–Crippen LogP) is 2.87. The van der Waals surface area contributed by atoms with Crippen LogP contribution in [0.15, 0.2) is 59.5 Å². The first kappa shape index (κ1) is 24.4. The standard InChI is InChI=1S/C21H23N6O7P/c1-3-32-11-10-26-14-17(20(25-26)16-6-4-5-9-22-16)24-21(28)19-8-7-18(33-19)15-12-23-27(13-15)34-35(29,30)31-2/h4-9,12-14H,3,10-11H2,1-2H3,(H,24,28)(H,29,30). The number of pyridine rings is 1. The van der Waals surface area contributed by atoms with E-state index in [4.69, 9.17) is 13.8 Å². The number of rotatable bonds is 11. The third-order valence-corrected chi connectivity index (χ3v) is 5.51. The van der Waals surface area contributed by atoms with E-state index in [1.165, 1.54) is 18.5 Å². The first-order chi connectivity index (χ1) is 16.9. The van der Waals surface area contributed by atoms with Crippen molar-refractivity contribution in [2.75, 3.05) is 25.6 Å². The second kappa shape index (κ2) is 10.7. The van der Waals surface area contributed by atoms with Crippen LogP contribution in [0, 0.1) is 0 Å². The van der Waals surface area contributed by atoms with E-state index in [0.29, 0.717) is 48.2 Å². The average molecular weight is 502 g/mol. The van der Waals surface area contributed by atoms with Gasteiger partial charge in [-0.05, 0) is 31.2 Å². The van der Waals surface area contributed by atoms with E-state index in [0.717, 1.165) is 12.0 Å². The molecule has 4 rings (SSSR count). The minimum absolute atomic E-state index is 0.0347. The minimum atomic E-state index is -4.28. The molecule has 0 aliphatic rings. The monoisotopic (exact) mass is 502 g/mol. The number of aromatic nitrogens is 5. The molecule has 1 atom stereocenters. The summed E-state index contributed by atoms with van der Waals surface area (Å²) in [4.78, 5) is 27.4. The van der Waals surface area contributed by atoms with Crippen molar-refractivity contribution in [1.82, 2.24) is 24.7 Å². The van der Waals surface area contributed by atoms with Gasteiger partial charge >= 0.3 is 7.82 Å². The van der Waals surface area contributed by atoms with Crippen LogP contribution in [0.3, 0.4) is 0 Å². The summed E-state index contributed by atoms with van der Waals surface area (Å²) in [6.45, 7) is 3.48. The van der Waals surface area contributed by atoms with Crippen LogP contribution in [0.25, 0.3) is 22.7 Å². The molecule has 4 aromatic rings. The second-order valence-electron chi connectivity index (χ2n) is 7.05. The molecular formula is C21H23N6O7P. The highest BCUT2D eigenvalue weighted by molar-refractivity contribution is 7.47. The Labute approximate surface area is 199 Å². The Morgan fingerprint density at radius 2 is 2.11 bits per heavy atom. The molecule has 0 fully saturated rings. The Bertz CT molecular complexity index is 1330. The number of nitrogens with one attached hydrogen (secondary N) is 1. The number of amides is 1. The Morgan fingerprint density at radius 3 is 2.86 bits per heavy atom. The summed E-state index contributed by atoms with van der Waals surface area (Å²) >= 11 is 0. The van der Waals surface area contributed by atoms with Crippen LogP contribution < -0.4 is 9.94 Å². The van der Waals surface area contributed by atoms with Gasteiger partial charge in [-0.1, -0.05) is 10.9 Å². The van der Waals surface area contributed by atoms with Crippen molar-refractivity contribution < 1.29 is 32.6 Å². The second-order valence-corrected chi connectivity index (χ2v) is 8.51. The molecule has 35 heavy (non-hydrogen) atoms. The van der Waals surface area contributed by atoms with E-state index < -0.39 is 13.7 Å². The predicted molar refractivity (Wildman–Crippen MR) is 123 cm³/mol. The van der Waals surface area contributed by atoms with Gasteiger partial charge < -0.3 is 14.5 Å². The maximum absolute atomic E-state index is 12.9. The number of hydrogen-bond donors (Lipinski definition) is 2. The molecule has 0 bridgehead atoms. The lowest BCUT2D eigenvalue weighted by Gasteiger charge is -2.07. The summed E-state index contributed by atoms with van der Waals surface area (Å²) in [6, 6.07) is 8.48. The summed E-state index contributed by atoms with van der Waals surface area (Å²) in [6.07, 6.45) is 6.00. The van der Waals surface area contributed by atoms with Crippen LogP contribution >= 0.6 is 7.82 Å². The van der Waals surface area contributed by atoms with Gasteiger partial charge in [-0.25, -0.2) is 4.57 Å². The largest absolute Gasteiger partial charge is 0.547 e. The van der Waals surface area contributed by atoms with Gasteiger partial charge in [0.05, 0.1) is 42.5 Å². The van der Waals surface area contributed by atoms with Crippen molar-refractivity contribution in [3.63, 3.8) is 0 Å². The van der Waals surface area contributed by atoms with Crippen LogP contribution in [0.2, 0.25) is 0 Å². The zero-order valence-electron chi connectivity index (χ0n) is 18.9. The summed E-state index contributed by atoms with van der Waals surface area (Å²) in [5, 5.41) is 11.2. The van der Waals surface area contributed by atoms with Crippen LogP contribution in [-0.2, 0) is 20.4 Å². The van der Waals surface area contributed by atoms with Gasteiger partial charge in [0.1, 0.15) is 11.5 Å². The molecular weight excluding hydrogens is 479 g/mol. The summed E-state index contributed by atoms with van der Waals surface area (Å²) in [5.41, 5.74) is 1.98. The highest BCUT2D eigenvalue weighted by Crippen LogP contribution is 2.38. The number of furan rings is 1. The van der Waals surface area contributed by atoms with Gasteiger partial charge in [0.15, 0.2) is 5.76 Å². The molecule has 0 saturated heterocycles. The number of nitrogens with zero attached hydrogens (tertiary/aromatic N) is 5. The van der Waals surface area contributed by atoms with Crippen molar-refractivity contribution in [2.24, 2.45) is 0 Å². The fourth-order valence-corrected chi connectivity index (χ4v) is 3.40. The van der Waals surface area contributed by atoms with E-state index in [1.54, 1.807) is 35.3 Å². The maximum Gasteiger partial charge on any atom is 0.547 e. The third kappa shape index (κ3) is 6.03. The van der Waals surface area contributed by atoms with Crippen LogP contribution in [0.5, 0.6) is 0 Å². The molecule has 13 nitrogen and oxygen atoms in total. The third-order valence-electron chi connectivity index (χ3n) is 4.68. The van der Waals surface area contributed by atoms with Crippen molar-refractivity contribution in [3.05, 3.63) is 60.9 Å². The number of ether oxygens (including phenoxy) is 1. The minimum Gasteiger partial charge on any atom is -0.451 e. The van der Waals surface area contributed by atoms with Crippen LogP contribution in [0.1, 0.15) is 17.5 Å². The zero-order chi connectivity index (χ0) is 24.8. The van der Waals surface area contributed by atoms with Crippen molar-refractivity contribution in [1.29, 1.82) is 0 Å². The molecule has 2 N–H and O–H groups in total. The fraction of sp³-hybridized carbons (Fsp3) is 0.238. The summed E-state index contributed by atoms with van der Waals surface area (Å²) in [7, 11) is -3.24. The fourth-order valence-electron chi connectivity index (χ4n) is 3.04. The number of carbonyl (C=O) groups excluding carboxylic acids is 1. The van der Waals surface area contributed by atoms with Crippen molar-refractivity contribution in [2.45, 2.75) is 13.5 Å². The topological polar surface area (TPSA) is 156 Å². The molecule has 0 aromatic carbocycles.